The summed E-state index contributed by atoms with van der Waals surface area (Å²) in [4.78, 5) is 84.9. The van der Waals surface area contributed by atoms with Crippen LogP contribution in [0.4, 0.5) is 4.39 Å². The van der Waals surface area contributed by atoms with Crippen LogP contribution in [0.3, 0.4) is 0 Å². The second-order valence-corrected chi connectivity index (χ2v) is 15.1. The van der Waals surface area contributed by atoms with Crippen molar-refractivity contribution in [3.8, 4) is 5.75 Å². The van der Waals surface area contributed by atoms with E-state index in [4.69, 9.17) is 9.57 Å². The van der Waals surface area contributed by atoms with Gasteiger partial charge in [-0.1, -0.05) is 57.2 Å². The molecule has 0 aromatic heterocycles. The first kappa shape index (κ1) is 47.8. The molecule has 1 saturated heterocycles. The number of aliphatic hydroxyl groups is 1. The van der Waals surface area contributed by atoms with E-state index in [0.717, 1.165) is 17.2 Å². The van der Waals surface area contributed by atoms with Crippen LogP contribution in [0.1, 0.15) is 78.7 Å². The number of likely N-dealkylation sites (N-methyl/N-ethyl adjacent to an activating group) is 1. The molecule has 15 nitrogen and oxygen atoms in total. The number of ketones is 1. The fourth-order valence-electron chi connectivity index (χ4n) is 6.36. The largest absolute Gasteiger partial charge is 0.512 e. The van der Waals surface area contributed by atoms with Crippen LogP contribution in [-0.2, 0) is 44.8 Å². The monoisotopic (exact) mass is 823 g/mol. The SMILES string of the molecule is CON(C)C(=O)/C=C/C=C(\C)[C@@H]1C/C=C/C=C/C[C@H](C)/C(O)=C(/CCC(C)=O)C(=O)N[C@@H](C(C)C)C(=O)N[C@@H](Cc2cc(O)cc(F)c2)C(=O)N2CCCC(N2)C(=O)O1. The molecule has 16 heteroatoms. The number of hydroxylamine groups is 2. The molecule has 2 aliphatic rings. The van der Waals surface area contributed by atoms with Gasteiger partial charge >= 0.3 is 5.97 Å². The number of hydrazine groups is 1. The van der Waals surface area contributed by atoms with E-state index in [9.17, 15) is 43.4 Å². The van der Waals surface area contributed by atoms with E-state index in [1.165, 1.54) is 44.3 Å². The highest BCUT2D eigenvalue weighted by molar-refractivity contribution is 5.99. The van der Waals surface area contributed by atoms with Crippen LogP contribution in [0.15, 0.2) is 77.6 Å². The third-order valence-corrected chi connectivity index (χ3v) is 9.92. The molecule has 1 aromatic rings. The number of ether oxygens (including phenoxy) is 1. The van der Waals surface area contributed by atoms with Gasteiger partial charge in [0.15, 0.2) is 0 Å². The topological polar surface area (TPSA) is 204 Å². The smallest absolute Gasteiger partial charge is 0.325 e. The molecule has 0 spiro atoms. The lowest BCUT2D eigenvalue weighted by Crippen LogP contribution is -2.62. The maximum atomic E-state index is 14.4. The van der Waals surface area contributed by atoms with Crippen molar-refractivity contribution in [3.05, 3.63) is 89.0 Å². The van der Waals surface area contributed by atoms with Gasteiger partial charge in [0.1, 0.15) is 47.3 Å². The normalized spacial score (nSPS) is 25.7. The Morgan fingerprint density at radius 2 is 1.76 bits per heavy atom. The van der Waals surface area contributed by atoms with E-state index in [-0.39, 0.29) is 54.9 Å². The van der Waals surface area contributed by atoms with Crippen LogP contribution >= 0.6 is 0 Å². The molecule has 4 amide bonds. The number of hydrogen-bond donors (Lipinski definition) is 5. The lowest BCUT2D eigenvalue weighted by molar-refractivity contribution is -0.162. The lowest BCUT2D eigenvalue weighted by Gasteiger charge is -2.36. The number of rotatable bonds is 10. The Bertz CT molecular complexity index is 1830. The Hall–Kier alpha value is -5.61. The molecule has 2 heterocycles. The standard InChI is InChI=1S/C43H58FN5O10/c1-26(2)38-41(55)45-35(24-30-22-31(44)25-32(51)23-30)42(56)49-21-13-16-34(47-49)43(57)59-36(27(3)15-12-18-37(52)48(6)58-7)17-11-9-8-10-14-28(4)39(53)33(40(54)46-38)20-19-29(5)50/h8-12,15,18,22-23,25-26,28,34-36,38,47,51,53H,13-14,16-17,19-21,24H2,1-7H3,(H,45,55)(H,46,54)/b10-8+,11-9+,18-12+,27-15+,39-33+/t28-,34?,35-,36-,38-/m0/s1. The summed E-state index contributed by atoms with van der Waals surface area (Å²) in [7, 11) is 2.82. The van der Waals surface area contributed by atoms with E-state index in [1.807, 2.05) is 0 Å². The number of nitrogens with one attached hydrogen (secondary N) is 3. The summed E-state index contributed by atoms with van der Waals surface area (Å²) in [5.74, 6) is -5.96. The Morgan fingerprint density at radius 3 is 2.41 bits per heavy atom. The molecule has 1 aromatic carbocycles. The zero-order chi connectivity index (χ0) is 43.8. The molecule has 0 saturated carbocycles. The molecule has 5 N–H and O–H groups in total. The van der Waals surface area contributed by atoms with Gasteiger partial charge in [0, 0.05) is 50.9 Å². The van der Waals surface area contributed by atoms with Gasteiger partial charge in [-0.3, -0.25) is 33.8 Å². The minimum absolute atomic E-state index is 0.0343. The van der Waals surface area contributed by atoms with Crippen molar-refractivity contribution in [1.29, 1.82) is 0 Å². The number of fused-ring (bicyclic) bond motifs is 2. The number of allylic oxidation sites excluding steroid dienone is 6. The Labute approximate surface area is 345 Å². The summed E-state index contributed by atoms with van der Waals surface area (Å²) in [6.07, 6.45) is 11.5. The molecule has 3 rings (SSSR count). The molecule has 0 radical (unpaired) electrons. The van der Waals surface area contributed by atoms with Gasteiger partial charge in [-0.25, -0.2) is 14.9 Å². The summed E-state index contributed by atoms with van der Waals surface area (Å²) in [6, 6.07) is -0.298. The van der Waals surface area contributed by atoms with Gasteiger partial charge in [-0.05, 0) is 68.7 Å². The van der Waals surface area contributed by atoms with Crippen molar-refractivity contribution < 1.29 is 52.9 Å². The van der Waals surface area contributed by atoms with E-state index >= 15 is 0 Å². The molecule has 322 valence electrons. The van der Waals surface area contributed by atoms with Gasteiger partial charge in [-0.15, -0.1) is 0 Å². The van der Waals surface area contributed by atoms with Crippen LogP contribution < -0.4 is 16.1 Å². The maximum absolute atomic E-state index is 14.4. The predicted octanol–water partition coefficient (Wildman–Crippen LogP) is 4.35. The molecule has 2 bridgehead atoms. The molecular formula is C43H58FN5O10. The number of aliphatic hydroxyl groups excluding tert-OH is 1. The number of aromatic hydroxyl groups is 1. The number of phenols is 1. The van der Waals surface area contributed by atoms with E-state index in [1.54, 1.807) is 58.1 Å². The molecular weight excluding hydrogens is 765 g/mol. The Morgan fingerprint density at radius 1 is 1.07 bits per heavy atom. The number of nitrogens with zero attached hydrogens (tertiary/aromatic N) is 2. The predicted molar refractivity (Wildman–Crippen MR) is 217 cm³/mol. The highest BCUT2D eigenvalue weighted by Gasteiger charge is 2.36. The Balaban J connectivity index is 2.09. The van der Waals surface area contributed by atoms with Crippen LogP contribution in [0.2, 0.25) is 0 Å². The van der Waals surface area contributed by atoms with Crippen molar-refractivity contribution >= 4 is 35.4 Å². The molecule has 1 fully saturated rings. The van der Waals surface area contributed by atoms with E-state index < -0.39 is 77.2 Å². The second kappa shape index (κ2) is 23.1. The third kappa shape index (κ3) is 14.9. The molecule has 1 unspecified atom stereocenters. The number of phenolic OH excluding ortho intramolecular Hbond substituents is 1. The minimum Gasteiger partial charge on any atom is -0.512 e. The van der Waals surface area contributed by atoms with Crippen molar-refractivity contribution in [1.82, 2.24) is 26.1 Å². The number of benzene rings is 1. The van der Waals surface area contributed by atoms with Crippen molar-refractivity contribution in [3.63, 3.8) is 0 Å². The third-order valence-electron chi connectivity index (χ3n) is 9.92. The van der Waals surface area contributed by atoms with Crippen molar-refractivity contribution in [2.75, 3.05) is 20.7 Å². The number of esters is 1. The van der Waals surface area contributed by atoms with E-state index in [0.29, 0.717) is 24.8 Å². The first-order valence-electron chi connectivity index (χ1n) is 19.7. The van der Waals surface area contributed by atoms with Crippen molar-refractivity contribution in [2.45, 2.75) is 104 Å². The quantitative estimate of drug-likeness (QED) is 0.0972. The first-order valence-corrected chi connectivity index (χ1v) is 19.7. The zero-order valence-corrected chi connectivity index (χ0v) is 34.8. The fraction of sp³-hybridized carbons (Fsp3) is 0.488. The summed E-state index contributed by atoms with van der Waals surface area (Å²) in [6.45, 7) is 8.31. The fourth-order valence-corrected chi connectivity index (χ4v) is 6.36. The van der Waals surface area contributed by atoms with Crippen LogP contribution in [0.25, 0.3) is 0 Å². The first-order chi connectivity index (χ1) is 27.9. The number of carbonyl (C=O) groups excluding carboxylic acids is 6. The van der Waals surface area contributed by atoms with Gasteiger partial charge < -0.3 is 30.4 Å². The number of hydrogen-bond acceptors (Lipinski definition) is 11. The molecule has 2 aliphatic heterocycles. The van der Waals surface area contributed by atoms with Crippen LogP contribution in [0.5, 0.6) is 5.75 Å². The number of halogens is 1. The van der Waals surface area contributed by atoms with Crippen LogP contribution in [0, 0.1) is 17.7 Å². The summed E-state index contributed by atoms with van der Waals surface area (Å²) < 4.78 is 20.4. The Kier molecular flexibility index (Phi) is 18.7. The number of amides is 4. The van der Waals surface area contributed by atoms with Gasteiger partial charge in [0.05, 0.1) is 12.7 Å². The zero-order valence-electron chi connectivity index (χ0n) is 34.8. The van der Waals surface area contributed by atoms with Crippen molar-refractivity contribution in [2.24, 2.45) is 11.8 Å². The molecule has 59 heavy (non-hydrogen) atoms. The number of carbonyl (C=O) groups is 6. The minimum atomic E-state index is -1.37. The number of cyclic esters (lactones) is 1. The van der Waals surface area contributed by atoms with Crippen LogP contribution in [-0.4, -0.2) is 101 Å². The maximum Gasteiger partial charge on any atom is 0.325 e. The highest BCUT2D eigenvalue weighted by atomic mass is 19.1. The van der Waals surface area contributed by atoms with Gasteiger partial charge in [0.25, 0.3) is 17.7 Å². The highest BCUT2D eigenvalue weighted by Crippen LogP contribution is 2.23. The summed E-state index contributed by atoms with van der Waals surface area (Å²) in [5.41, 5.74) is 3.67. The summed E-state index contributed by atoms with van der Waals surface area (Å²) in [5, 5.41) is 29.1. The molecule has 0 aliphatic carbocycles. The average Bonchev–Trinajstić information content (AvgIpc) is 3.18. The summed E-state index contributed by atoms with van der Waals surface area (Å²) >= 11 is 0. The van der Waals surface area contributed by atoms with Gasteiger partial charge in [-0.2, -0.15) is 0 Å². The van der Waals surface area contributed by atoms with Gasteiger partial charge in [0.2, 0.25) is 5.91 Å². The number of Topliss-reactive ketones (excluding diaryl/α,β-unsaturated/α-hetero) is 1. The average molecular weight is 824 g/mol. The van der Waals surface area contributed by atoms with E-state index in [2.05, 4.69) is 16.1 Å². The second-order valence-electron chi connectivity index (χ2n) is 15.1. The lowest BCUT2D eigenvalue weighted by atomic mass is 9.95. The molecule has 5 atom stereocenters.